The van der Waals surface area contributed by atoms with Crippen LogP contribution >= 0.6 is 12.4 Å². The average molecular weight is 240 g/mol. The topological polar surface area (TPSA) is 49.3 Å². The molecule has 3 unspecified atom stereocenters. The van der Waals surface area contributed by atoms with E-state index >= 15 is 0 Å². The van der Waals surface area contributed by atoms with E-state index in [0.717, 1.165) is 18.5 Å². The lowest BCUT2D eigenvalue weighted by atomic mass is 10.1. The normalized spacial score (nSPS) is 35.0. The highest BCUT2D eigenvalue weighted by atomic mass is 35.5. The van der Waals surface area contributed by atoms with E-state index in [-0.39, 0.29) is 24.2 Å². The van der Waals surface area contributed by atoms with Crippen LogP contribution in [0.5, 0.6) is 0 Å². The molecule has 1 aliphatic heterocycles. The minimum Gasteiger partial charge on any atom is -0.480 e. The summed E-state index contributed by atoms with van der Waals surface area (Å²) in [7, 11) is 0. The molecule has 1 aromatic carbocycles. The fourth-order valence-electron chi connectivity index (χ4n) is 3.05. The second-order valence-corrected chi connectivity index (χ2v) is 4.38. The molecule has 4 heteroatoms. The molecule has 3 atom stereocenters. The maximum Gasteiger partial charge on any atom is 0.324 e. The van der Waals surface area contributed by atoms with Crippen molar-refractivity contribution in [3.05, 3.63) is 35.9 Å². The summed E-state index contributed by atoms with van der Waals surface area (Å²) < 4.78 is 0. The van der Waals surface area contributed by atoms with Crippen molar-refractivity contribution < 1.29 is 9.90 Å². The number of fused-ring (bicyclic) bond motifs is 1. The Morgan fingerprint density at radius 2 is 2.06 bits per heavy atom. The summed E-state index contributed by atoms with van der Waals surface area (Å²) in [5.41, 5.74) is 0.499. The van der Waals surface area contributed by atoms with Gasteiger partial charge in [0, 0.05) is 5.92 Å². The summed E-state index contributed by atoms with van der Waals surface area (Å²) in [5.74, 6) is -0.235. The van der Waals surface area contributed by atoms with E-state index in [1.165, 1.54) is 0 Å². The van der Waals surface area contributed by atoms with Crippen molar-refractivity contribution >= 4 is 18.4 Å². The summed E-state index contributed by atoms with van der Waals surface area (Å²) in [6.07, 6.45) is 0.978. The van der Waals surface area contributed by atoms with Crippen LogP contribution in [0.15, 0.2) is 30.3 Å². The minimum absolute atomic E-state index is 0. The standard InChI is InChI=1S/C12H13NO2.ClH/c14-11(15)12-9(6-7-13-12)10(12)8-4-2-1-3-5-8;/h1-5,9-10,13H,6-7H2,(H,14,15);1H. The highest BCUT2D eigenvalue weighted by molar-refractivity contribution is 5.87. The summed E-state index contributed by atoms with van der Waals surface area (Å²) >= 11 is 0. The van der Waals surface area contributed by atoms with Crippen LogP contribution in [0.2, 0.25) is 0 Å². The van der Waals surface area contributed by atoms with Gasteiger partial charge >= 0.3 is 5.97 Å². The molecular formula is C12H14ClNO2. The van der Waals surface area contributed by atoms with Crippen LogP contribution in [0, 0.1) is 5.92 Å². The number of aliphatic carboxylic acids is 1. The molecule has 0 amide bonds. The first kappa shape index (κ1) is 11.4. The molecule has 0 radical (unpaired) electrons. The van der Waals surface area contributed by atoms with Crippen molar-refractivity contribution in [1.82, 2.24) is 5.32 Å². The Bertz CT molecular complexity index is 409. The first-order valence-corrected chi connectivity index (χ1v) is 5.30. The predicted octanol–water partition coefficient (Wildman–Crippen LogP) is 1.64. The van der Waals surface area contributed by atoms with Gasteiger partial charge in [0.1, 0.15) is 5.54 Å². The molecule has 0 aromatic heterocycles. The Hall–Kier alpha value is -1.06. The number of nitrogens with one attached hydrogen (secondary N) is 1. The van der Waals surface area contributed by atoms with Gasteiger partial charge in [-0.2, -0.15) is 0 Å². The Kier molecular flexibility index (Phi) is 2.68. The molecule has 2 fully saturated rings. The van der Waals surface area contributed by atoms with Crippen LogP contribution < -0.4 is 5.32 Å². The van der Waals surface area contributed by atoms with Crippen molar-refractivity contribution in [2.75, 3.05) is 6.54 Å². The van der Waals surface area contributed by atoms with Gasteiger partial charge < -0.3 is 10.4 Å². The smallest absolute Gasteiger partial charge is 0.324 e. The molecule has 2 N–H and O–H groups in total. The third-order valence-corrected chi connectivity index (χ3v) is 3.75. The lowest BCUT2D eigenvalue weighted by molar-refractivity contribution is -0.140. The zero-order valence-corrected chi connectivity index (χ0v) is 9.54. The molecule has 0 spiro atoms. The van der Waals surface area contributed by atoms with E-state index in [2.05, 4.69) is 5.32 Å². The van der Waals surface area contributed by atoms with Gasteiger partial charge in [-0.3, -0.25) is 4.79 Å². The van der Waals surface area contributed by atoms with Crippen LogP contribution in [0.25, 0.3) is 0 Å². The van der Waals surface area contributed by atoms with Crippen LogP contribution in [0.4, 0.5) is 0 Å². The van der Waals surface area contributed by atoms with Crippen molar-refractivity contribution in [1.29, 1.82) is 0 Å². The molecule has 1 saturated heterocycles. The van der Waals surface area contributed by atoms with Gasteiger partial charge in [0.05, 0.1) is 0 Å². The molecule has 1 aromatic rings. The lowest BCUT2D eigenvalue weighted by Gasteiger charge is -2.11. The number of hydrogen-bond donors (Lipinski definition) is 2. The van der Waals surface area contributed by atoms with Crippen LogP contribution in [0.3, 0.4) is 0 Å². The van der Waals surface area contributed by atoms with Crippen LogP contribution in [-0.4, -0.2) is 23.2 Å². The predicted molar refractivity (Wildman–Crippen MR) is 62.9 cm³/mol. The molecule has 0 bridgehead atoms. The van der Waals surface area contributed by atoms with Gasteiger partial charge in [0.2, 0.25) is 0 Å². The Morgan fingerprint density at radius 1 is 1.38 bits per heavy atom. The van der Waals surface area contributed by atoms with Crippen molar-refractivity contribution in [3.8, 4) is 0 Å². The third-order valence-electron chi connectivity index (χ3n) is 3.75. The summed E-state index contributed by atoms with van der Waals surface area (Å²) in [4.78, 5) is 11.3. The van der Waals surface area contributed by atoms with E-state index < -0.39 is 11.5 Å². The molecule has 86 valence electrons. The van der Waals surface area contributed by atoms with Gasteiger partial charge in [-0.1, -0.05) is 30.3 Å². The van der Waals surface area contributed by atoms with Gasteiger partial charge in [-0.25, -0.2) is 0 Å². The summed E-state index contributed by atoms with van der Waals surface area (Å²) in [5, 5.41) is 12.4. The Labute approximate surface area is 100 Å². The van der Waals surface area contributed by atoms with Crippen molar-refractivity contribution in [2.45, 2.75) is 17.9 Å². The van der Waals surface area contributed by atoms with Gasteiger partial charge in [-0.15, -0.1) is 12.4 Å². The van der Waals surface area contributed by atoms with E-state index in [0.29, 0.717) is 0 Å². The number of benzene rings is 1. The number of carboxylic acid groups (broad SMARTS) is 1. The number of rotatable bonds is 2. The zero-order chi connectivity index (χ0) is 10.5. The molecule has 2 aliphatic rings. The van der Waals surface area contributed by atoms with E-state index in [4.69, 9.17) is 0 Å². The highest BCUT2D eigenvalue weighted by Gasteiger charge is 2.72. The van der Waals surface area contributed by atoms with Crippen molar-refractivity contribution in [3.63, 3.8) is 0 Å². The molecule has 1 heterocycles. The number of carbonyl (C=O) groups is 1. The summed E-state index contributed by atoms with van der Waals surface area (Å²) in [6.45, 7) is 0.834. The van der Waals surface area contributed by atoms with Crippen molar-refractivity contribution in [2.24, 2.45) is 5.92 Å². The number of hydrogen-bond acceptors (Lipinski definition) is 2. The fraction of sp³-hybridized carbons (Fsp3) is 0.417. The highest BCUT2D eigenvalue weighted by Crippen LogP contribution is 2.61. The third kappa shape index (κ3) is 1.28. The fourth-order valence-corrected chi connectivity index (χ4v) is 3.05. The van der Waals surface area contributed by atoms with Crippen LogP contribution in [-0.2, 0) is 4.79 Å². The number of carboxylic acids is 1. The number of piperidine rings is 1. The molecule has 3 nitrogen and oxygen atoms in total. The molecule has 1 aliphatic carbocycles. The molecule has 16 heavy (non-hydrogen) atoms. The average Bonchev–Trinajstić information content (AvgIpc) is 2.70. The van der Waals surface area contributed by atoms with Crippen LogP contribution in [0.1, 0.15) is 17.9 Å². The monoisotopic (exact) mass is 239 g/mol. The van der Waals surface area contributed by atoms with Gasteiger partial charge in [-0.05, 0) is 24.4 Å². The Morgan fingerprint density at radius 3 is 2.62 bits per heavy atom. The first-order valence-electron chi connectivity index (χ1n) is 5.30. The Balaban J connectivity index is 0.000000963. The maximum atomic E-state index is 11.3. The molecule has 3 rings (SSSR count). The largest absolute Gasteiger partial charge is 0.480 e. The quantitative estimate of drug-likeness (QED) is 0.825. The number of halogens is 1. The van der Waals surface area contributed by atoms with E-state index in [1.54, 1.807) is 0 Å². The van der Waals surface area contributed by atoms with Gasteiger partial charge in [0.25, 0.3) is 0 Å². The second kappa shape index (κ2) is 3.75. The minimum atomic E-state index is -0.696. The second-order valence-electron chi connectivity index (χ2n) is 4.38. The summed E-state index contributed by atoms with van der Waals surface area (Å²) in [6, 6.07) is 9.95. The maximum absolute atomic E-state index is 11.3. The lowest BCUT2D eigenvalue weighted by Crippen LogP contribution is -2.38. The first-order chi connectivity index (χ1) is 7.27. The SMILES string of the molecule is Cl.O=C(O)C12NCCC1C2c1ccccc1. The van der Waals surface area contributed by atoms with E-state index in [9.17, 15) is 9.90 Å². The molecular weight excluding hydrogens is 226 g/mol. The molecule has 1 saturated carbocycles. The van der Waals surface area contributed by atoms with E-state index in [1.807, 2.05) is 30.3 Å². The zero-order valence-electron chi connectivity index (χ0n) is 8.72. The van der Waals surface area contributed by atoms with Gasteiger partial charge in [0.15, 0.2) is 0 Å².